The van der Waals surface area contributed by atoms with E-state index in [1.54, 1.807) is 12.1 Å². The van der Waals surface area contributed by atoms with Gasteiger partial charge in [-0.1, -0.05) is 31.4 Å². The Kier molecular flexibility index (Phi) is 5.58. The van der Waals surface area contributed by atoms with Gasteiger partial charge in [-0.2, -0.15) is 0 Å². The fraction of sp³-hybridized carbons (Fsp3) is 0.231. The summed E-state index contributed by atoms with van der Waals surface area (Å²) in [4.78, 5) is 17.1. The van der Waals surface area contributed by atoms with Crippen LogP contribution in [0.3, 0.4) is 0 Å². The van der Waals surface area contributed by atoms with Crippen molar-refractivity contribution in [2.24, 2.45) is 0 Å². The Hall–Kier alpha value is -3.67. The van der Waals surface area contributed by atoms with Crippen LogP contribution in [0.25, 0.3) is 16.9 Å². The van der Waals surface area contributed by atoms with Gasteiger partial charge in [-0.3, -0.25) is 4.40 Å². The fourth-order valence-corrected chi connectivity index (χ4v) is 4.24. The molecule has 1 aliphatic carbocycles. The summed E-state index contributed by atoms with van der Waals surface area (Å²) in [5.74, 6) is 0.315. The minimum Gasteiger partial charge on any atom is -0.423 e. The van der Waals surface area contributed by atoms with Crippen molar-refractivity contribution in [1.82, 2.24) is 9.38 Å². The number of pyridine rings is 1. The van der Waals surface area contributed by atoms with E-state index in [-0.39, 0.29) is 5.56 Å². The predicted molar refractivity (Wildman–Crippen MR) is 122 cm³/mol. The molecule has 0 radical (unpaired) electrons. The van der Waals surface area contributed by atoms with Crippen LogP contribution in [-0.2, 0) is 0 Å². The number of hydrogen-bond donors (Lipinski definition) is 1. The first-order chi connectivity index (χ1) is 15.7. The molecule has 2 aromatic carbocycles. The van der Waals surface area contributed by atoms with Crippen molar-refractivity contribution in [2.45, 2.75) is 38.1 Å². The molecular formula is C26H24FN3O2. The molecule has 1 fully saturated rings. The molecule has 32 heavy (non-hydrogen) atoms. The maximum Gasteiger partial charge on any atom is 0.343 e. The highest BCUT2D eigenvalue weighted by Gasteiger charge is 2.19. The number of esters is 1. The lowest BCUT2D eigenvalue weighted by Crippen LogP contribution is -2.23. The Balaban J connectivity index is 1.41. The van der Waals surface area contributed by atoms with Gasteiger partial charge in [0.2, 0.25) is 0 Å². The summed E-state index contributed by atoms with van der Waals surface area (Å²) in [6.45, 7) is 0. The number of benzene rings is 2. The fourth-order valence-electron chi connectivity index (χ4n) is 4.24. The monoisotopic (exact) mass is 429 g/mol. The minimum atomic E-state index is -0.593. The first-order valence-corrected chi connectivity index (χ1v) is 11.0. The van der Waals surface area contributed by atoms with Crippen LogP contribution in [0.4, 0.5) is 10.2 Å². The second-order valence-electron chi connectivity index (χ2n) is 8.14. The van der Waals surface area contributed by atoms with E-state index in [4.69, 9.17) is 9.72 Å². The van der Waals surface area contributed by atoms with E-state index in [0.29, 0.717) is 11.8 Å². The molecule has 0 saturated heterocycles. The highest BCUT2D eigenvalue weighted by Crippen LogP contribution is 2.32. The summed E-state index contributed by atoms with van der Waals surface area (Å²) in [6.07, 6.45) is 8.13. The van der Waals surface area contributed by atoms with Gasteiger partial charge in [-0.05, 0) is 67.4 Å². The second-order valence-corrected chi connectivity index (χ2v) is 8.14. The number of rotatable bonds is 5. The van der Waals surface area contributed by atoms with Crippen molar-refractivity contribution in [3.8, 4) is 17.0 Å². The summed E-state index contributed by atoms with van der Waals surface area (Å²) in [5.41, 5.74) is 2.85. The Morgan fingerprint density at radius 3 is 2.59 bits per heavy atom. The molecule has 162 valence electrons. The van der Waals surface area contributed by atoms with E-state index in [0.717, 1.165) is 41.6 Å². The van der Waals surface area contributed by atoms with Gasteiger partial charge in [-0.25, -0.2) is 14.2 Å². The zero-order valence-electron chi connectivity index (χ0n) is 17.6. The van der Waals surface area contributed by atoms with E-state index in [1.807, 2.05) is 36.5 Å². The SMILES string of the molecule is O=C(Oc1ccc(-c2nc3ccccn3c2NC2CCCCC2)cc1)c1cccc(F)c1. The zero-order valence-corrected chi connectivity index (χ0v) is 17.6. The average Bonchev–Trinajstić information content (AvgIpc) is 3.18. The van der Waals surface area contributed by atoms with Crippen LogP contribution in [0.1, 0.15) is 42.5 Å². The van der Waals surface area contributed by atoms with Gasteiger partial charge in [0.15, 0.2) is 0 Å². The quantitative estimate of drug-likeness (QED) is 0.307. The number of halogens is 1. The Bertz CT molecular complexity index is 1240. The molecule has 0 spiro atoms. The molecule has 0 unspecified atom stereocenters. The number of fused-ring (bicyclic) bond motifs is 1. The Morgan fingerprint density at radius 1 is 1.00 bits per heavy atom. The van der Waals surface area contributed by atoms with Crippen molar-refractivity contribution in [3.63, 3.8) is 0 Å². The third-order valence-corrected chi connectivity index (χ3v) is 5.87. The van der Waals surface area contributed by atoms with Gasteiger partial charge in [0.25, 0.3) is 0 Å². The summed E-state index contributed by atoms with van der Waals surface area (Å²) < 4.78 is 20.9. The second kappa shape index (κ2) is 8.83. The molecule has 5 rings (SSSR count). The lowest BCUT2D eigenvalue weighted by atomic mass is 9.95. The van der Waals surface area contributed by atoms with E-state index in [2.05, 4.69) is 9.72 Å². The van der Waals surface area contributed by atoms with Crippen molar-refractivity contribution in [2.75, 3.05) is 5.32 Å². The maximum absolute atomic E-state index is 13.4. The van der Waals surface area contributed by atoms with Crippen molar-refractivity contribution < 1.29 is 13.9 Å². The van der Waals surface area contributed by atoms with Crippen LogP contribution in [0.15, 0.2) is 72.9 Å². The minimum absolute atomic E-state index is 0.174. The number of imidazole rings is 1. The number of nitrogens with one attached hydrogen (secondary N) is 1. The van der Waals surface area contributed by atoms with Crippen LogP contribution in [0.2, 0.25) is 0 Å². The van der Waals surface area contributed by atoms with E-state index < -0.39 is 11.8 Å². The molecule has 6 heteroatoms. The molecular weight excluding hydrogens is 405 g/mol. The van der Waals surface area contributed by atoms with Gasteiger partial charge in [0.05, 0.1) is 5.56 Å². The molecule has 1 N–H and O–H groups in total. The van der Waals surface area contributed by atoms with Gasteiger partial charge in [0.1, 0.15) is 28.7 Å². The molecule has 2 aromatic heterocycles. The standard InChI is InChI=1S/C26H24FN3O2/c27-20-8-6-7-19(17-20)26(31)32-22-14-12-18(13-15-22)24-25(28-21-9-2-1-3-10-21)30-16-5-4-11-23(30)29-24/h4-8,11-17,21,28H,1-3,9-10H2. The van der Waals surface area contributed by atoms with Crippen molar-refractivity contribution in [3.05, 3.63) is 84.3 Å². The molecule has 0 aliphatic heterocycles. The Labute approximate surface area is 185 Å². The van der Waals surface area contributed by atoms with Gasteiger partial charge in [-0.15, -0.1) is 0 Å². The summed E-state index contributed by atoms with van der Waals surface area (Å²) in [7, 11) is 0. The molecule has 1 aliphatic rings. The number of ether oxygens (including phenoxy) is 1. The zero-order chi connectivity index (χ0) is 21.9. The first kappa shape index (κ1) is 20.2. The maximum atomic E-state index is 13.4. The number of nitrogens with zero attached hydrogens (tertiary/aromatic N) is 2. The number of carbonyl (C=O) groups excluding carboxylic acids is 1. The van der Waals surface area contributed by atoms with Crippen molar-refractivity contribution >= 4 is 17.4 Å². The van der Waals surface area contributed by atoms with E-state index in [9.17, 15) is 9.18 Å². The number of carbonyl (C=O) groups is 1. The third-order valence-electron chi connectivity index (χ3n) is 5.87. The summed E-state index contributed by atoms with van der Waals surface area (Å²) in [5, 5.41) is 3.72. The highest BCUT2D eigenvalue weighted by atomic mass is 19.1. The number of anilines is 1. The van der Waals surface area contributed by atoms with Crippen LogP contribution >= 0.6 is 0 Å². The molecule has 1 saturated carbocycles. The van der Waals surface area contributed by atoms with Crippen LogP contribution in [0.5, 0.6) is 5.75 Å². The molecule has 4 aromatic rings. The topological polar surface area (TPSA) is 55.6 Å². The van der Waals surface area contributed by atoms with Crippen LogP contribution in [0, 0.1) is 5.82 Å². The van der Waals surface area contributed by atoms with Gasteiger partial charge >= 0.3 is 5.97 Å². The van der Waals surface area contributed by atoms with E-state index in [1.165, 1.54) is 37.5 Å². The van der Waals surface area contributed by atoms with Crippen LogP contribution in [-0.4, -0.2) is 21.4 Å². The summed E-state index contributed by atoms with van der Waals surface area (Å²) >= 11 is 0. The highest BCUT2D eigenvalue weighted by molar-refractivity contribution is 5.91. The lowest BCUT2D eigenvalue weighted by Gasteiger charge is -2.24. The molecule has 0 bridgehead atoms. The number of hydrogen-bond acceptors (Lipinski definition) is 4. The Morgan fingerprint density at radius 2 is 1.81 bits per heavy atom. The predicted octanol–water partition coefficient (Wildman–Crippen LogP) is 6.10. The molecule has 2 heterocycles. The molecule has 0 amide bonds. The largest absolute Gasteiger partial charge is 0.423 e. The van der Waals surface area contributed by atoms with Crippen molar-refractivity contribution in [1.29, 1.82) is 0 Å². The number of aromatic nitrogens is 2. The van der Waals surface area contributed by atoms with Gasteiger partial charge in [0, 0.05) is 17.8 Å². The molecule has 0 atom stereocenters. The smallest absolute Gasteiger partial charge is 0.343 e. The van der Waals surface area contributed by atoms with E-state index >= 15 is 0 Å². The first-order valence-electron chi connectivity index (χ1n) is 11.0. The average molecular weight is 429 g/mol. The van der Waals surface area contributed by atoms with Crippen LogP contribution < -0.4 is 10.1 Å². The summed E-state index contributed by atoms with van der Waals surface area (Å²) in [6, 6.07) is 19.1. The third kappa shape index (κ3) is 4.21. The normalized spacial score (nSPS) is 14.4. The molecule has 5 nitrogen and oxygen atoms in total. The van der Waals surface area contributed by atoms with Gasteiger partial charge < -0.3 is 10.1 Å². The lowest BCUT2D eigenvalue weighted by molar-refractivity contribution is 0.0734.